The quantitative estimate of drug-likeness (QED) is 0.166. The number of thioether (sulfide) groups is 1. The van der Waals surface area contributed by atoms with E-state index in [9.17, 15) is 9.59 Å². The maximum absolute atomic E-state index is 13.1. The van der Waals surface area contributed by atoms with Gasteiger partial charge in [0.2, 0.25) is 5.28 Å². The van der Waals surface area contributed by atoms with Crippen molar-refractivity contribution in [2.75, 3.05) is 6.61 Å². The Labute approximate surface area is 227 Å². The first kappa shape index (κ1) is 25.5. The van der Waals surface area contributed by atoms with Gasteiger partial charge in [-0.15, -0.1) is 11.8 Å². The Morgan fingerprint density at radius 1 is 1.00 bits per heavy atom. The summed E-state index contributed by atoms with van der Waals surface area (Å²) >= 11 is 13.8. The van der Waals surface area contributed by atoms with E-state index in [4.69, 9.17) is 32.7 Å². The number of ether oxygens (including phenoxy) is 2. The first-order valence-electron chi connectivity index (χ1n) is 11.5. The van der Waals surface area contributed by atoms with Crippen LogP contribution in [0.2, 0.25) is 10.4 Å². The van der Waals surface area contributed by atoms with Gasteiger partial charge in [-0.2, -0.15) is 4.98 Å². The van der Waals surface area contributed by atoms with Crippen LogP contribution in [0.5, 0.6) is 0 Å². The molecule has 190 valence electrons. The zero-order valence-electron chi connectivity index (χ0n) is 19.9. The maximum atomic E-state index is 13.1. The third-order valence-corrected chi connectivity index (χ3v) is 8.16. The van der Waals surface area contributed by atoms with Crippen molar-refractivity contribution >= 4 is 58.1 Å². The Hall–Kier alpha value is -3.14. The van der Waals surface area contributed by atoms with Crippen LogP contribution in [-0.2, 0) is 9.47 Å². The highest BCUT2D eigenvalue weighted by atomic mass is 35.5. The van der Waals surface area contributed by atoms with Crippen LogP contribution in [-0.4, -0.2) is 49.4 Å². The molecule has 3 atom stereocenters. The number of carbonyl (C=O) groups is 2. The molecule has 0 bridgehead atoms. The van der Waals surface area contributed by atoms with Gasteiger partial charge < -0.3 is 14.0 Å². The zero-order valence-corrected chi connectivity index (χ0v) is 22.3. The summed E-state index contributed by atoms with van der Waals surface area (Å²) in [7, 11) is 0. The number of esters is 2. The normalized spacial score (nSPS) is 19.2. The van der Waals surface area contributed by atoms with Crippen LogP contribution in [0.15, 0.2) is 54.9 Å². The summed E-state index contributed by atoms with van der Waals surface area (Å²) in [5.74, 6) is -0.853. The lowest BCUT2D eigenvalue weighted by atomic mass is 10.1. The first-order valence-corrected chi connectivity index (χ1v) is 13.2. The second-order valence-corrected chi connectivity index (χ2v) is 10.8. The van der Waals surface area contributed by atoms with E-state index < -0.39 is 18.0 Å². The number of nitrogens with zero attached hydrogens (tertiary/aromatic N) is 4. The highest BCUT2D eigenvalue weighted by Gasteiger charge is 2.40. The predicted molar refractivity (Wildman–Crippen MR) is 142 cm³/mol. The molecule has 0 saturated carbocycles. The summed E-state index contributed by atoms with van der Waals surface area (Å²) in [6.07, 6.45) is 1.53. The van der Waals surface area contributed by atoms with Crippen LogP contribution < -0.4 is 0 Å². The first-order chi connectivity index (χ1) is 17.8. The van der Waals surface area contributed by atoms with Gasteiger partial charge in [0.1, 0.15) is 18.2 Å². The number of rotatable bonds is 6. The van der Waals surface area contributed by atoms with Crippen molar-refractivity contribution in [2.45, 2.75) is 37.0 Å². The van der Waals surface area contributed by atoms with Crippen LogP contribution in [0.3, 0.4) is 0 Å². The van der Waals surface area contributed by atoms with Gasteiger partial charge in [0.05, 0.1) is 28.1 Å². The molecular formula is C26H22Cl2N4O4S. The van der Waals surface area contributed by atoms with Crippen LogP contribution in [0.25, 0.3) is 11.2 Å². The highest BCUT2D eigenvalue weighted by molar-refractivity contribution is 8.00. The minimum atomic E-state index is -0.531. The summed E-state index contributed by atoms with van der Waals surface area (Å²) in [5, 5.41) is -0.378. The van der Waals surface area contributed by atoms with Gasteiger partial charge in [-0.25, -0.2) is 19.6 Å². The molecule has 0 unspecified atom stereocenters. The van der Waals surface area contributed by atoms with Crippen LogP contribution in [0.4, 0.5) is 0 Å². The van der Waals surface area contributed by atoms with Crippen molar-refractivity contribution < 1.29 is 19.1 Å². The van der Waals surface area contributed by atoms with E-state index in [1.54, 1.807) is 30.6 Å². The topological polar surface area (TPSA) is 96.2 Å². The standard InChI is InChI=1S/C26H22Cl2N4O4S/c1-14-7-3-5-9-16(14)24(33)35-12-19-18(36-25(34)17-10-6-4-8-15(17)2)11-20(37-19)32-13-29-21-22(27)30-26(28)31-23(21)32/h3-10,13,18-20H,11-12H2,1-2H3/t18-,19+,20-/m0/s1. The molecule has 0 N–H and O–H groups in total. The van der Waals surface area contributed by atoms with Gasteiger partial charge in [-0.1, -0.05) is 48.0 Å². The predicted octanol–water partition coefficient (Wildman–Crippen LogP) is 5.84. The summed E-state index contributed by atoms with van der Waals surface area (Å²) in [4.78, 5) is 38.4. The van der Waals surface area contributed by atoms with E-state index in [-0.39, 0.29) is 27.7 Å². The average molecular weight is 557 g/mol. The zero-order chi connectivity index (χ0) is 26.1. The summed E-state index contributed by atoms with van der Waals surface area (Å²) < 4.78 is 13.5. The van der Waals surface area contributed by atoms with Crippen molar-refractivity contribution in [1.82, 2.24) is 19.5 Å². The number of aromatic nitrogens is 4. The molecule has 2 aromatic heterocycles. The minimum absolute atomic E-state index is 0.00786. The van der Waals surface area contributed by atoms with Crippen molar-refractivity contribution in [1.29, 1.82) is 0 Å². The summed E-state index contributed by atoms with van der Waals surface area (Å²) in [5.41, 5.74) is 3.53. The molecule has 0 spiro atoms. The SMILES string of the molecule is Cc1ccccc1C(=O)OC[C@H]1S[C@H](n2cnc3c(Cl)nc(Cl)nc32)C[C@@H]1OC(=O)c1ccccc1C. The van der Waals surface area contributed by atoms with Crippen molar-refractivity contribution in [2.24, 2.45) is 0 Å². The minimum Gasteiger partial charge on any atom is -0.461 e. The Bertz CT molecular complexity index is 1490. The number of carbonyl (C=O) groups excluding carboxylic acids is 2. The molecule has 3 heterocycles. The van der Waals surface area contributed by atoms with Crippen LogP contribution >= 0.6 is 35.0 Å². The van der Waals surface area contributed by atoms with Crippen molar-refractivity contribution in [3.8, 4) is 0 Å². The molecular weight excluding hydrogens is 535 g/mol. The smallest absolute Gasteiger partial charge is 0.338 e. The summed E-state index contributed by atoms with van der Waals surface area (Å²) in [6.45, 7) is 3.77. The maximum Gasteiger partial charge on any atom is 0.338 e. The Morgan fingerprint density at radius 2 is 1.65 bits per heavy atom. The average Bonchev–Trinajstić information content (AvgIpc) is 3.47. The molecule has 2 aromatic carbocycles. The van der Waals surface area contributed by atoms with Crippen LogP contribution in [0.1, 0.15) is 43.6 Å². The largest absolute Gasteiger partial charge is 0.461 e. The lowest BCUT2D eigenvalue weighted by molar-refractivity contribution is 0.0205. The lowest BCUT2D eigenvalue weighted by Crippen LogP contribution is -2.30. The lowest BCUT2D eigenvalue weighted by Gasteiger charge is -2.19. The second kappa shape index (κ2) is 10.7. The van der Waals surface area contributed by atoms with Crippen LogP contribution in [0, 0.1) is 13.8 Å². The number of aryl methyl sites for hydroxylation is 2. The van der Waals surface area contributed by atoms with E-state index in [1.165, 1.54) is 11.8 Å². The molecule has 1 fully saturated rings. The highest BCUT2D eigenvalue weighted by Crippen LogP contribution is 2.45. The molecule has 8 nitrogen and oxygen atoms in total. The van der Waals surface area contributed by atoms with E-state index >= 15 is 0 Å². The van der Waals surface area contributed by atoms with Gasteiger partial charge in [-0.3, -0.25) is 0 Å². The number of hydrogen-bond acceptors (Lipinski definition) is 8. The number of fused-ring (bicyclic) bond motifs is 1. The molecule has 5 rings (SSSR count). The van der Waals surface area contributed by atoms with Crippen molar-refractivity contribution in [3.63, 3.8) is 0 Å². The molecule has 1 aliphatic heterocycles. The Kier molecular flexibility index (Phi) is 7.37. The van der Waals surface area contributed by atoms with E-state index in [0.717, 1.165) is 11.1 Å². The van der Waals surface area contributed by atoms with Gasteiger partial charge in [0, 0.05) is 6.42 Å². The molecule has 0 radical (unpaired) electrons. The fourth-order valence-corrected chi connectivity index (χ4v) is 6.15. The fourth-order valence-electron chi connectivity index (χ4n) is 4.25. The molecule has 1 saturated heterocycles. The van der Waals surface area contributed by atoms with E-state index in [0.29, 0.717) is 28.7 Å². The second-order valence-electron chi connectivity index (χ2n) is 8.64. The number of halogens is 2. The molecule has 0 aliphatic carbocycles. The molecule has 4 aromatic rings. The summed E-state index contributed by atoms with van der Waals surface area (Å²) in [6, 6.07) is 14.5. The van der Waals surface area contributed by atoms with Gasteiger partial charge in [-0.05, 0) is 48.7 Å². The fraction of sp³-hybridized carbons (Fsp3) is 0.269. The molecule has 1 aliphatic rings. The number of imidazole rings is 1. The molecule has 37 heavy (non-hydrogen) atoms. The third kappa shape index (κ3) is 5.30. The van der Waals surface area contributed by atoms with Gasteiger partial charge in [0.15, 0.2) is 10.8 Å². The van der Waals surface area contributed by atoms with Crippen molar-refractivity contribution in [3.05, 3.63) is 87.5 Å². The number of hydrogen-bond donors (Lipinski definition) is 0. The third-order valence-electron chi connectivity index (χ3n) is 6.21. The van der Waals surface area contributed by atoms with E-state index in [2.05, 4.69) is 15.0 Å². The van der Waals surface area contributed by atoms with E-state index in [1.807, 2.05) is 42.7 Å². The number of benzene rings is 2. The van der Waals surface area contributed by atoms with Gasteiger partial charge >= 0.3 is 11.9 Å². The Balaban J connectivity index is 1.40. The monoisotopic (exact) mass is 556 g/mol. The van der Waals surface area contributed by atoms with Gasteiger partial charge in [0.25, 0.3) is 0 Å². The Morgan fingerprint density at radius 3 is 2.32 bits per heavy atom. The molecule has 0 amide bonds. The molecule has 11 heteroatoms.